The van der Waals surface area contributed by atoms with E-state index >= 15 is 0 Å². The molecule has 0 aromatic rings. The standard InChI is InChI=1S/C12H25NO/c1-10(2)9-13-7-5-11(6-8-14)12(13,3)4/h10-11,14H,5-9H2,1-4H3. The van der Waals surface area contributed by atoms with Crippen LogP contribution in [-0.4, -0.2) is 35.2 Å². The Bertz CT molecular complexity index is 177. The molecule has 1 fully saturated rings. The van der Waals surface area contributed by atoms with Gasteiger partial charge >= 0.3 is 0 Å². The summed E-state index contributed by atoms with van der Waals surface area (Å²) in [6.07, 6.45) is 2.21. The first kappa shape index (κ1) is 12.0. The van der Waals surface area contributed by atoms with Crippen LogP contribution in [0.4, 0.5) is 0 Å². The van der Waals surface area contributed by atoms with Gasteiger partial charge in [0.25, 0.3) is 0 Å². The van der Waals surface area contributed by atoms with Crippen LogP contribution in [0, 0.1) is 11.8 Å². The Balaban J connectivity index is 2.56. The quantitative estimate of drug-likeness (QED) is 0.749. The predicted molar refractivity (Wildman–Crippen MR) is 60.3 cm³/mol. The van der Waals surface area contributed by atoms with Gasteiger partial charge < -0.3 is 5.11 Å². The third kappa shape index (κ3) is 2.48. The SMILES string of the molecule is CC(C)CN1CCC(CCO)C1(C)C. The first-order valence-electron chi connectivity index (χ1n) is 5.84. The van der Waals surface area contributed by atoms with Crippen molar-refractivity contribution in [2.75, 3.05) is 19.7 Å². The van der Waals surface area contributed by atoms with Crippen molar-refractivity contribution in [1.82, 2.24) is 4.90 Å². The minimum Gasteiger partial charge on any atom is -0.396 e. The fraction of sp³-hybridized carbons (Fsp3) is 1.00. The summed E-state index contributed by atoms with van der Waals surface area (Å²) in [5, 5.41) is 9.01. The molecule has 14 heavy (non-hydrogen) atoms. The van der Waals surface area contributed by atoms with Gasteiger partial charge in [-0.1, -0.05) is 13.8 Å². The van der Waals surface area contributed by atoms with E-state index in [0.717, 1.165) is 12.3 Å². The second-order valence-corrected chi connectivity index (χ2v) is 5.49. The minimum atomic E-state index is 0.285. The maximum Gasteiger partial charge on any atom is 0.0434 e. The highest BCUT2D eigenvalue weighted by molar-refractivity contribution is 4.95. The van der Waals surface area contributed by atoms with Gasteiger partial charge in [0, 0.05) is 18.7 Å². The lowest BCUT2D eigenvalue weighted by Gasteiger charge is -2.37. The van der Waals surface area contributed by atoms with Crippen LogP contribution in [0.5, 0.6) is 0 Å². The van der Waals surface area contributed by atoms with Crippen LogP contribution in [0.3, 0.4) is 0 Å². The maximum atomic E-state index is 9.01. The van der Waals surface area contributed by atoms with E-state index < -0.39 is 0 Å². The molecule has 0 radical (unpaired) electrons. The van der Waals surface area contributed by atoms with Crippen LogP contribution in [0.1, 0.15) is 40.5 Å². The van der Waals surface area contributed by atoms with Crippen LogP contribution in [0.2, 0.25) is 0 Å². The van der Waals surface area contributed by atoms with Gasteiger partial charge in [0.1, 0.15) is 0 Å². The summed E-state index contributed by atoms with van der Waals surface area (Å²) in [5.74, 6) is 1.41. The van der Waals surface area contributed by atoms with E-state index in [1.54, 1.807) is 0 Å². The summed E-state index contributed by atoms with van der Waals surface area (Å²) in [4.78, 5) is 2.58. The maximum absolute atomic E-state index is 9.01. The molecule has 1 atom stereocenters. The topological polar surface area (TPSA) is 23.5 Å². The summed E-state index contributed by atoms with van der Waals surface area (Å²) >= 11 is 0. The summed E-state index contributed by atoms with van der Waals surface area (Å²) < 4.78 is 0. The van der Waals surface area contributed by atoms with Gasteiger partial charge in [-0.05, 0) is 45.1 Å². The Morgan fingerprint density at radius 1 is 1.43 bits per heavy atom. The van der Waals surface area contributed by atoms with Crippen LogP contribution in [0.15, 0.2) is 0 Å². The average molecular weight is 199 g/mol. The molecule has 0 amide bonds. The van der Waals surface area contributed by atoms with Crippen molar-refractivity contribution in [2.24, 2.45) is 11.8 Å². The Kier molecular flexibility index (Phi) is 3.96. The molecule has 1 saturated heterocycles. The largest absolute Gasteiger partial charge is 0.396 e. The van der Waals surface area contributed by atoms with E-state index in [1.165, 1.54) is 19.5 Å². The molecular formula is C12H25NO. The fourth-order valence-corrected chi connectivity index (χ4v) is 2.63. The van der Waals surface area contributed by atoms with Crippen molar-refractivity contribution in [3.63, 3.8) is 0 Å². The van der Waals surface area contributed by atoms with Crippen LogP contribution in [-0.2, 0) is 0 Å². The molecule has 1 aliphatic heterocycles. The molecule has 0 aliphatic carbocycles. The first-order chi connectivity index (χ1) is 6.48. The van der Waals surface area contributed by atoms with Gasteiger partial charge in [-0.25, -0.2) is 0 Å². The lowest BCUT2D eigenvalue weighted by Crippen LogP contribution is -2.44. The van der Waals surface area contributed by atoms with Crippen molar-refractivity contribution in [2.45, 2.75) is 46.1 Å². The second kappa shape index (κ2) is 4.63. The van der Waals surface area contributed by atoms with Crippen molar-refractivity contribution in [3.8, 4) is 0 Å². The lowest BCUT2D eigenvalue weighted by molar-refractivity contribution is 0.109. The molecule has 1 N–H and O–H groups in total. The molecule has 0 saturated carbocycles. The summed E-state index contributed by atoms with van der Waals surface area (Å²) in [5.41, 5.74) is 0.285. The van der Waals surface area contributed by atoms with E-state index in [1.807, 2.05) is 0 Å². The Hall–Kier alpha value is -0.0800. The smallest absolute Gasteiger partial charge is 0.0434 e. The highest BCUT2D eigenvalue weighted by atomic mass is 16.3. The molecule has 0 aromatic heterocycles. The van der Waals surface area contributed by atoms with Gasteiger partial charge in [0.2, 0.25) is 0 Å². The summed E-state index contributed by atoms with van der Waals surface area (Å²) in [6, 6.07) is 0. The second-order valence-electron chi connectivity index (χ2n) is 5.49. The van der Waals surface area contributed by atoms with Gasteiger partial charge in [-0.15, -0.1) is 0 Å². The van der Waals surface area contributed by atoms with Gasteiger partial charge in [-0.3, -0.25) is 4.90 Å². The zero-order chi connectivity index (χ0) is 10.8. The number of aliphatic hydroxyl groups excluding tert-OH is 1. The number of aliphatic hydroxyl groups is 1. The Labute approximate surface area is 88.3 Å². The Morgan fingerprint density at radius 2 is 2.07 bits per heavy atom. The van der Waals surface area contributed by atoms with Crippen LogP contribution < -0.4 is 0 Å². The van der Waals surface area contributed by atoms with Crippen molar-refractivity contribution in [1.29, 1.82) is 0 Å². The zero-order valence-corrected chi connectivity index (χ0v) is 10.1. The molecular weight excluding hydrogens is 174 g/mol. The molecule has 2 nitrogen and oxygen atoms in total. The first-order valence-corrected chi connectivity index (χ1v) is 5.84. The fourth-order valence-electron chi connectivity index (χ4n) is 2.63. The summed E-state index contributed by atoms with van der Waals surface area (Å²) in [7, 11) is 0. The molecule has 84 valence electrons. The van der Waals surface area contributed by atoms with E-state index in [4.69, 9.17) is 5.11 Å². The molecule has 1 aliphatic rings. The number of hydrogen-bond donors (Lipinski definition) is 1. The van der Waals surface area contributed by atoms with Gasteiger partial charge in [-0.2, -0.15) is 0 Å². The van der Waals surface area contributed by atoms with Crippen LogP contribution >= 0.6 is 0 Å². The highest BCUT2D eigenvalue weighted by Crippen LogP contribution is 2.36. The molecule has 0 spiro atoms. The zero-order valence-electron chi connectivity index (χ0n) is 10.1. The molecule has 0 bridgehead atoms. The normalized spacial score (nSPS) is 27.4. The average Bonchev–Trinajstić information content (AvgIpc) is 2.31. The van der Waals surface area contributed by atoms with E-state index in [2.05, 4.69) is 32.6 Å². The number of rotatable bonds is 4. The van der Waals surface area contributed by atoms with E-state index in [0.29, 0.717) is 12.5 Å². The van der Waals surface area contributed by atoms with Crippen molar-refractivity contribution >= 4 is 0 Å². The van der Waals surface area contributed by atoms with Gasteiger partial charge in [0.15, 0.2) is 0 Å². The third-order valence-electron chi connectivity index (χ3n) is 3.62. The third-order valence-corrected chi connectivity index (χ3v) is 3.62. The number of hydrogen-bond acceptors (Lipinski definition) is 2. The van der Waals surface area contributed by atoms with Crippen LogP contribution in [0.25, 0.3) is 0 Å². The molecule has 2 heteroatoms. The Morgan fingerprint density at radius 3 is 2.57 bits per heavy atom. The number of nitrogens with zero attached hydrogens (tertiary/aromatic N) is 1. The lowest BCUT2D eigenvalue weighted by atomic mass is 9.86. The minimum absolute atomic E-state index is 0.285. The van der Waals surface area contributed by atoms with E-state index in [-0.39, 0.29) is 5.54 Å². The molecule has 0 aromatic carbocycles. The van der Waals surface area contributed by atoms with Crippen molar-refractivity contribution < 1.29 is 5.11 Å². The molecule has 1 rings (SSSR count). The molecule has 1 heterocycles. The van der Waals surface area contributed by atoms with Crippen molar-refractivity contribution in [3.05, 3.63) is 0 Å². The predicted octanol–water partition coefficient (Wildman–Crippen LogP) is 2.13. The number of likely N-dealkylation sites (tertiary alicyclic amines) is 1. The highest BCUT2D eigenvalue weighted by Gasteiger charge is 2.40. The van der Waals surface area contributed by atoms with Gasteiger partial charge in [0.05, 0.1) is 0 Å². The molecule has 1 unspecified atom stereocenters. The monoisotopic (exact) mass is 199 g/mol. The van der Waals surface area contributed by atoms with E-state index in [9.17, 15) is 0 Å². The summed E-state index contributed by atoms with van der Waals surface area (Å²) in [6.45, 7) is 11.9.